The number of nitrogens with one attached hydrogen (secondary N) is 1. The molecule has 3 unspecified atom stereocenters. The maximum absolute atomic E-state index is 13.0. The summed E-state index contributed by atoms with van der Waals surface area (Å²) in [5.41, 5.74) is 12.3. The van der Waals surface area contributed by atoms with Crippen LogP contribution in [0.3, 0.4) is 0 Å². The van der Waals surface area contributed by atoms with E-state index in [1.807, 2.05) is 60.7 Å². The van der Waals surface area contributed by atoms with Crippen LogP contribution in [0.4, 0.5) is 10.5 Å². The van der Waals surface area contributed by atoms with E-state index in [0.29, 0.717) is 17.2 Å². The van der Waals surface area contributed by atoms with Crippen molar-refractivity contribution in [1.29, 1.82) is 0 Å². The lowest BCUT2D eigenvalue weighted by Gasteiger charge is -2.29. The highest BCUT2D eigenvalue weighted by atomic mass is 35.5. The first-order valence-corrected chi connectivity index (χ1v) is 10.7. The smallest absolute Gasteiger partial charge is 0.429 e. The summed E-state index contributed by atoms with van der Waals surface area (Å²) in [5, 5.41) is 1.25. The van der Waals surface area contributed by atoms with E-state index in [1.54, 1.807) is 31.2 Å². The molecule has 3 aromatic carbocycles. The zero-order chi connectivity index (χ0) is 22.5. The van der Waals surface area contributed by atoms with Crippen molar-refractivity contribution in [3.8, 4) is 0 Å². The minimum Gasteiger partial charge on any atom is -0.443 e. The van der Waals surface area contributed by atoms with Crippen molar-refractivity contribution in [2.45, 2.75) is 38.0 Å². The Balaban J connectivity index is 0.00000306. The second-order valence-corrected chi connectivity index (χ2v) is 8.06. The number of halogens is 1. The third-order valence-corrected chi connectivity index (χ3v) is 5.66. The number of ether oxygens (including phenoxy) is 1. The van der Waals surface area contributed by atoms with Gasteiger partial charge in [0.2, 0.25) is 0 Å². The highest BCUT2D eigenvalue weighted by Crippen LogP contribution is 2.39. The number of hydrazine groups is 1. The number of Topliss-reactive ketones (excluding diaryl/α,β-unsaturated/α-hetero) is 1. The van der Waals surface area contributed by atoms with Gasteiger partial charge in [-0.2, -0.15) is 0 Å². The highest BCUT2D eigenvalue weighted by molar-refractivity contribution is 6.01. The Morgan fingerprint density at radius 3 is 2.15 bits per heavy atom. The zero-order valence-electron chi connectivity index (χ0n) is 18.4. The van der Waals surface area contributed by atoms with Crippen LogP contribution in [0.5, 0.6) is 0 Å². The average molecular weight is 466 g/mol. The summed E-state index contributed by atoms with van der Waals surface area (Å²) in [6, 6.07) is 25.6. The molecule has 3 atom stereocenters. The molecule has 0 radical (unpaired) electrons. The first kappa shape index (κ1) is 24.3. The Morgan fingerprint density at radius 1 is 1.00 bits per heavy atom. The van der Waals surface area contributed by atoms with Crippen molar-refractivity contribution >= 4 is 30.0 Å². The van der Waals surface area contributed by atoms with E-state index in [-0.39, 0.29) is 30.8 Å². The average Bonchev–Trinajstić information content (AvgIpc) is 3.58. The fraction of sp³-hybridized carbons (Fsp3) is 0.231. The molecule has 0 saturated heterocycles. The molecular weight excluding hydrogens is 438 g/mol. The van der Waals surface area contributed by atoms with Gasteiger partial charge in [-0.05, 0) is 36.6 Å². The molecule has 3 N–H and O–H groups in total. The van der Waals surface area contributed by atoms with Gasteiger partial charge >= 0.3 is 6.09 Å². The molecule has 1 fully saturated rings. The van der Waals surface area contributed by atoms with E-state index in [4.69, 9.17) is 10.5 Å². The molecular formula is C26H28ClN3O3. The van der Waals surface area contributed by atoms with Crippen LogP contribution in [0.2, 0.25) is 0 Å². The summed E-state index contributed by atoms with van der Waals surface area (Å²) >= 11 is 0. The summed E-state index contributed by atoms with van der Waals surface area (Å²) in [6.45, 7) is 1.80. The maximum Gasteiger partial charge on any atom is 0.429 e. The van der Waals surface area contributed by atoms with Crippen LogP contribution in [-0.2, 0) is 11.3 Å². The minimum atomic E-state index is -0.780. The van der Waals surface area contributed by atoms with Crippen molar-refractivity contribution in [3.63, 3.8) is 0 Å². The fourth-order valence-corrected chi connectivity index (χ4v) is 3.59. The molecule has 1 saturated carbocycles. The van der Waals surface area contributed by atoms with Gasteiger partial charge < -0.3 is 10.5 Å². The van der Waals surface area contributed by atoms with E-state index in [0.717, 1.165) is 12.0 Å². The van der Waals surface area contributed by atoms with Crippen LogP contribution in [0.1, 0.15) is 40.7 Å². The van der Waals surface area contributed by atoms with E-state index in [9.17, 15) is 9.59 Å². The molecule has 0 spiro atoms. The molecule has 0 heterocycles. The number of carbonyl (C=O) groups is 2. The molecule has 1 aliphatic carbocycles. The lowest BCUT2D eigenvalue weighted by Crippen LogP contribution is -2.47. The molecule has 4 rings (SSSR count). The van der Waals surface area contributed by atoms with E-state index in [1.165, 1.54) is 10.6 Å². The van der Waals surface area contributed by atoms with Gasteiger partial charge in [0, 0.05) is 17.5 Å². The third kappa shape index (κ3) is 6.12. The number of nitrogens with two attached hydrogens (primary N) is 1. The van der Waals surface area contributed by atoms with E-state index in [2.05, 4.69) is 5.43 Å². The lowest BCUT2D eigenvalue weighted by atomic mass is 10.1. The summed E-state index contributed by atoms with van der Waals surface area (Å²) < 4.78 is 5.51. The van der Waals surface area contributed by atoms with Crippen LogP contribution >= 0.6 is 12.4 Å². The van der Waals surface area contributed by atoms with Crippen LogP contribution in [0, 0.1) is 0 Å². The fourth-order valence-electron chi connectivity index (χ4n) is 3.59. The molecule has 0 aromatic heterocycles. The zero-order valence-corrected chi connectivity index (χ0v) is 19.2. The topological polar surface area (TPSA) is 84.7 Å². The van der Waals surface area contributed by atoms with Crippen molar-refractivity contribution in [1.82, 2.24) is 5.01 Å². The Bertz CT molecular complexity index is 1060. The Morgan fingerprint density at radius 2 is 1.58 bits per heavy atom. The molecule has 1 amide bonds. The van der Waals surface area contributed by atoms with E-state index >= 15 is 0 Å². The Kier molecular flexibility index (Phi) is 8.09. The van der Waals surface area contributed by atoms with Gasteiger partial charge in [-0.3, -0.25) is 10.2 Å². The Hall–Kier alpha value is -3.35. The summed E-state index contributed by atoms with van der Waals surface area (Å²) in [4.78, 5) is 26.0. The van der Waals surface area contributed by atoms with Crippen molar-refractivity contribution in [2.24, 2.45) is 5.73 Å². The van der Waals surface area contributed by atoms with Gasteiger partial charge in [-0.25, -0.2) is 9.80 Å². The first-order valence-electron chi connectivity index (χ1n) is 10.7. The van der Waals surface area contributed by atoms with Crippen molar-refractivity contribution in [3.05, 3.63) is 102 Å². The van der Waals surface area contributed by atoms with Gasteiger partial charge in [0.25, 0.3) is 0 Å². The summed E-state index contributed by atoms with van der Waals surface area (Å²) in [7, 11) is 0. The number of amides is 1. The lowest BCUT2D eigenvalue weighted by molar-refractivity contribution is 0.0738. The van der Waals surface area contributed by atoms with Crippen molar-refractivity contribution in [2.75, 3.05) is 5.43 Å². The minimum absolute atomic E-state index is 0. The Labute approximate surface area is 200 Å². The van der Waals surface area contributed by atoms with Crippen LogP contribution in [0.15, 0.2) is 84.9 Å². The third-order valence-electron chi connectivity index (χ3n) is 5.66. The second kappa shape index (κ2) is 11.0. The molecule has 6 nitrogen and oxygen atoms in total. The summed E-state index contributed by atoms with van der Waals surface area (Å²) in [5.74, 6) is 0.213. The second-order valence-electron chi connectivity index (χ2n) is 8.06. The van der Waals surface area contributed by atoms with Gasteiger partial charge in [-0.15, -0.1) is 12.4 Å². The number of hydrogen-bond acceptors (Lipinski definition) is 5. The standard InChI is InChI=1S/C26H27N3O3.ClH/c1-18(25(30)21-10-6-3-7-11-21)29(26(31)32-17-19-8-4-2-5-9-19)28-22-14-12-20(13-15-22)23-16-24(23)27;/h2-15,18,23-24,28H,16-17,27H2,1H3;1H. The SMILES string of the molecule is CC(C(=O)c1ccccc1)N(Nc1ccc(C2CC2N)cc1)C(=O)OCc1ccccc1.Cl. The van der Waals surface area contributed by atoms with Gasteiger partial charge in [0.05, 0.1) is 5.69 Å². The van der Waals surface area contributed by atoms with Gasteiger partial charge in [-0.1, -0.05) is 72.8 Å². The number of hydrogen-bond donors (Lipinski definition) is 2. The number of benzene rings is 3. The quantitative estimate of drug-likeness (QED) is 0.354. The predicted octanol–water partition coefficient (Wildman–Crippen LogP) is 5.16. The number of ketones is 1. The predicted molar refractivity (Wildman–Crippen MR) is 131 cm³/mol. The van der Waals surface area contributed by atoms with Crippen LogP contribution < -0.4 is 11.2 Å². The molecule has 0 bridgehead atoms. The van der Waals surface area contributed by atoms with Gasteiger partial charge in [0.1, 0.15) is 12.6 Å². The van der Waals surface area contributed by atoms with Gasteiger partial charge in [0.15, 0.2) is 5.78 Å². The molecule has 33 heavy (non-hydrogen) atoms. The molecule has 1 aliphatic rings. The van der Waals surface area contributed by atoms with Crippen LogP contribution in [-0.4, -0.2) is 29.0 Å². The maximum atomic E-state index is 13.0. The van der Waals surface area contributed by atoms with Crippen LogP contribution in [0.25, 0.3) is 0 Å². The monoisotopic (exact) mass is 465 g/mol. The van der Waals surface area contributed by atoms with Crippen molar-refractivity contribution < 1.29 is 14.3 Å². The largest absolute Gasteiger partial charge is 0.443 e. The molecule has 3 aromatic rings. The number of carbonyl (C=O) groups excluding carboxylic acids is 2. The van der Waals surface area contributed by atoms with E-state index < -0.39 is 12.1 Å². The molecule has 0 aliphatic heterocycles. The first-order chi connectivity index (χ1) is 15.5. The summed E-state index contributed by atoms with van der Waals surface area (Å²) in [6.07, 6.45) is 0.367. The molecule has 172 valence electrons. The number of rotatable bonds is 8. The molecule has 7 heteroatoms. The number of nitrogens with zero attached hydrogens (tertiary/aromatic N) is 1. The number of anilines is 1. The normalized spacial score (nSPS) is 17.3. The highest BCUT2D eigenvalue weighted by Gasteiger charge is 2.34.